The van der Waals surface area contributed by atoms with Crippen molar-refractivity contribution in [1.29, 1.82) is 0 Å². The second-order valence-corrected chi connectivity index (χ2v) is 7.42. The molecule has 4 rings (SSSR count). The van der Waals surface area contributed by atoms with Gasteiger partial charge in [0, 0.05) is 25.3 Å². The van der Waals surface area contributed by atoms with Gasteiger partial charge in [-0.05, 0) is 41.7 Å². The number of anilines is 1. The molecule has 0 radical (unpaired) electrons. The van der Waals surface area contributed by atoms with Crippen molar-refractivity contribution in [2.75, 3.05) is 18.4 Å². The quantitative estimate of drug-likeness (QED) is 0.643. The molecule has 3 nitrogen and oxygen atoms in total. The molecule has 2 aromatic carbocycles. The van der Waals surface area contributed by atoms with Crippen LogP contribution in [0.25, 0.3) is 6.08 Å². The van der Waals surface area contributed by atoms with Crippen molar-refractivity contribution in [2.24, 2.45) is 0 Å². The lowest BCUT2D eigenvalue weighted by atomic mass is 9.81. The van der Waals surface area contributed by atoms with E-state index < -0.39 is 5.60 Å². The van der Waals surface area contributed by atoms with Crippen LogP contribution in [0.15, 0.2) is 60.2 Å². The highest BCUT2D eigenvalue weighted by Crippen LogP contribution is 2.39. The number of nitrogens with one attached hydrogen (secondary N) is 1. The highest BCUT2D eigenvalue weighted by atomic mass is 35.5. The predicted octanol–water partition coefficient (Wildman–Crippen LogP) is 4.09. The van der Waals surface area contributed by atoms with Crippen LogP contribution < -0.4 is 5.32 Å². The molecule has 2 heterocycles. The van der Waals surface area contributed by atoms with Crippen LogP contribution in [0.3, 0.4) is 0 Å². The van der Waals surface area contributed by atoms with Crippen molar-refractivity contribution in [1.82, 2.24) is 4.90 Å². The van der Waals surface area contributed by atoms with Gasteiger partial charge in [0.25, 0.3) is 0 Å². The van der Waals surface area contributed by atoms with Gasteiger partial charge in [-0.15, -0.1) is 0 Å². The number of alkyl halides is 1. The molecular formula is C21H23ClN2O. The Balaban J connectivity index is 1.48. The van der Waals surface area contributed by atoms with Crippen LogP contribution in [-0.4, -0.2) is 34.2 Å². The van der Waals surface area contributed by atoms with E-state index in [0.29, 0.717) is 12.8 Å². The van der Waals surface area contributed by atoms with E-state index in [-0.39, 0.29) is 5.50 Å². The first kappa shape index (κ1) is 16.6. The fourth-order valence-corrected chi connectivity index (χ4v) is 4.17. The van der Waals surface area contributed by atoms with Gasteiger partial charge in [-0.3, -0.25) is 4.90 Å². The molecule has 0 saturated carbocycles. The van der Waals surface area contributed by atoms with E-state index >= 15 is 0 Å². The van der Waals surface area contributed by atoms with E-state index in [2.05, 4.69) is 46.6 Å². The summed E-state index contributed by atoms with van der Waals surface area (Å²) in [4.78, 5) is 2.40. The summed E-state index contributed by atoms with van der Waals surface area (Å²) in [5, 5.41) is 14.6. The SMILES string of the molecule is OC1(C2=Cc3ccccc3NC2Cl)CCN(Cc2ccccc2)CC1. The van der Waals surface area contributed by atoms with Crippen molar-refractivity contribution in [2.45, 2.75) is 30.5 Å². The molecule has 2 aliphatic rings. The van der Waals surface area contributed by atoms with Crippen molar-refractivity contribution < 1.29 is 5.11 Å². The highest BCUT2D eigenvalue weighted by Gasteiger charge is 2.40. The van der Waals surface area contributed by atoms with Crippen molar-refractivity contribution in [3.8, 4) is 0 Å². The second-order valence-electron chi connectivity index (χ2n) is 6.99. The number of rotatable bonds is 3. The summed E-state index contributed by atoms with van der Waals surface area (Å²) in [6, 6.07) is 18.6. The van der Waals surface area contributed by atoms with Gasteiger partial charge in [-0.25, -0.2) is 0 Å². The summed E-state index contributed by atoms with van der Waals surface area (Å²) < 4.78 is 0. The Morgan fingerprint density at radius 3 is 2.48 bits per heavy atom. The largest absolute Gasteiger partial charge is 0.385 e. The zero-order chi connectivity index (χ0) is 17.3. The van der Waals surface area contributed by atoms with Gasteiger partial charge in [0.1, 0.15) is 5.50 Å². The third-order valence-corrected chi connectivity index (χ3v) is 5.64. The first-order valence-corrected chi connectivity index (χ1v) is 9.28. The van der Waals surface area contributed by atoms with Crippen LogP contribution in [0.5, 0.6) is 0 Å². The summed E-state index contributed by atoms with van der Waals surface area (Å²) in [5.41, 5.74) is 3.13. The topological polar surface area (TPSA) is 35.5 Å². The standard InChI is InChI=1S/C21H23ClN2O/c22-20-18(14-17-8-4-5-9-19(17)23-20)21(25)10-12-24(13-11-21)15-16-6-2-1-3-7-16/h1-9,14,20,23,25H,10-13,15H2. The van der Waals surface area contributed by atoms with Gasteiger partial charge in [-0.2, -0.15) is 0 Å². The molecule has 1 saturated heterocycles. The number of hydrogen-bond acceptors (Lipinski definition) is 3. The average Bonchev–Trinajstić information content (AvgIpc) is 2.64. The van der Waals surface area contributed by atoms with E-state index in [1.165, 1.54) is 5.56 Å². The first-order valence-electron chi connectivity index (χ1n) is 8.84. The minimum absolute atomic E-state index is 0.361. The molecule has 1 atom stereocenters. The van der Waals surface area contributed by atoms with E-state index in [0.717, 1.165) is 36.5 Å². The van der Waals surface area contributed by atoms with Crippen LogP contribution in [0.1, 0.15) is 24.0 Å². The normalized spacial score (nSPS) is 22.6. The van der Waals surface area contributed by atoms with Gasteiger partial charge in [0.15, 0.2) is 0 Å². The van der Waals surface area contributed by atoms with Gasteiger partial charge >= 0.3 is 0 Å². The van der Waals surface area contributed by atoms with E-state index in [4.69, 9.17) is 11.6 Å². The van der Waals surface area contributed by atoms with E-state index in [9.17, 15) is 5.11 Å². The molecule has 130 valence electrons. The lowest BCUT2D eigenvalue weighted by Gasteiger charge is -2.42. The number of likely N-dealkylation sites (tertiary alicyclic amines) is 1. The van der Waals surface area contributed by atoms with Crippen LogP contribution in [0, 0.1) is 0 Å². The Morgan fingerprint density at radius 2 is 1.72 bits per heavy atom. The first-order chi connectivity index (χ1) is 12.1. The number of benzene rings is 2. The highest BCUT2D eigenvalue weighted by molar-refractivity contribution is 6.24. The number of halogens is 1. The summed E-state index contributed by atoms with van der Waals surface area (Å²) in [5.74, 6) is 0. The fraction of sp³-hybridized carbons (Fsp3) is 0.333. The molecule has 0 aromatic heterocycles. The molecular weight excluding hydrogens is 332 g/mol. The molecule has 2 N–H and O–H groups in total. The van der Waals surface area contributed by atoms with Crippen molar-refractivity contribution >= 4 is 23.4 Å². The minimum atomic E-state index is -0.833. The maximum Gasteiger partial charge on any atom is 0.126 e. The van der Waals surface area contributed by atoms with Gasteiger partial charge in [0.2, 0.25) is 0 Å². The van der Waals surface area contributed by atoms with Crippen molar-refractivity contribution in [3.05, 3.63) is 71.3 Å². The zero-order valence-corrected chi connectivity index (χ0v) is 14.9. The molecule has 0 spiro atoms. The molecule has 4 heteroatoms. The fourth-order valence-electron chi connectivity index (χ4n) is 3.79. The Hall–Kier alpha value is -1.81. The van der Waals surface area contributed by atoms with Crippen LogP contribution in [0.2, 0.25) is 0 Å². The number of hydrogen-bond donors (Lipinski definition) is 2. The lowest BCUT2D eigenvalue weighted by molar-refractivity contribution is 0.00647. The van der Waals surface area contributed by atoms with Crippen LogP contribution in [-0.2, 0) is 6.54 Å². The maximum absolute atomic E-state index is 11.3. The predicted molar refractivity (Wildman–Crippen MR) is 104 cm³/mol. The Labute approximate surface area is 153 Å². The summed E-state index contributed by atoms with van der Waals surface area (Å²) in [6.07, 6.45) is 3.48. The minimum Gasteiger partial charge on any atom is -0.385 e. The van der Waals surface area contributed by atoms with Gasteiger partial charge < -0.3 is 10.4 Å². The van der Waals surface area contributed by atoms with Gasteiger partial charge in [-0.1, -0.05) is 60.1 Å². The zero-order valence-electron chi connectivity index (χ0n) is 14.2. The molecule has 0 aliphatic carbocycles. The van der Waals surface area contributed by atoms with Gasteiger partial charge in [0.05, 0.1) is 5.60 Å². The second kappa shape index (κ2) is 6.83. The average molecular weight is 355 g/mol. The maximum atomic E-state index is 11.3. The Kier molecular flexibility index (Phi) is 4.55. The third kappa shape index (κ3) is 3.45. The van der Waals surface area contributed by atoms with Crippen LogP contribution in [0.4, 0.5) is 5.69 Å². The number of piperidine rings is 1. The number of aliphatic hydroxyl groups is 1. The molecule has 2 aromatic rings. The number of fused-ring (bicyclic) bond motifs is 1. The molecule has 0 amide bonds. The third-order valence-electron chi connectivity index (χ3n) is 5.30. The Morgan fingerprint density at radius 1 is 1.04 bits per heavy atom. The molecule has 1 unspecified atom stereocenters. The van der Waals surface area contributed by atoms with E-state index in [1.807, 2.05) is 24.3 Å². The van der Waals surface area contributed by atoms with E-state index in [1.54, 1.807) is 0 Å². The molecule has 2 aliphatic heterocycles. The monoisotopic (exact) mass is 354 g/mol. The Bertz CT molecular complexity index is 766. The van der Waals surface area contributed by atoms with Crippen molar-refractivity contribution in [3.63, 3.8) is 0 Å². The summed E-state index contributed by atoms with van der Waals surface area (Å²) in [7, 11) is 0. The number of para-hydroxylation sites is 1. The smallest absolute Gasteiger partial charge is 0.126 e. The lowest BCUT2D eigenvalue weighted by Crippen LogP contribution is -2.48. The molecule has 25 heavy (non-hydrogen) atoms. The summed E-state index contributed by atoms with van der Waals surface area (Å²) in [6.45, 7) is 2.67. The molecule has 0 bridgehead atoms. The van der Waals surface area contributed by atoms with Crippen LogP contribution >= 0.6 is 11.6 Å². The number of nitrogens with zero attached hydrogens (tertiary/aromatic N) is 1. The summed E-state index contributed by atoms with van der Waals surface area (Å²) >= 11 is 6.55. The molecule has 1 fully saturated rings.